The van der Waals surface area contributed by atoms with E-state index in [1.807, 2.05) is 18.2 Å². The Hall–Kier alpha value is -2.08. The molecule has 0 bridgehead atoms. The van der Waals surface area contributed by atoms with Crippen molar-refractivity contribution >= 4 is 12.2 Å². The molecule has 0 heteroatoms. The molecule has 84 valence electrons. The first-order valence-electron chi connectivity index (χ1n) is 5.81. The number of rotatable bonds is 3. The lowest BCUT2D eigenvalue weighted by Crippen LogP contribution is -1.72. The average molecular weight is 220 g/mol. The second kappa shape index (κ2) is 5.86. The third-order valence-electron chi connectivity index (χ3n) is 2.57. The van der Waals surface area contributed by atoms with E-state index in [1.165, 1.54) is 16.7 Å². The van der Waals surface area contributed by atoms with Gasteiger partial charge in [-0.2, -0.15) is 0 Å². The Balaban J connectivity index is 1.98. The minimum atomic E-state index is 1.22. The number of hydrogen-bond donors (Lipinski definition) is 0. The van der Waals surface area contributed by atoms with E-state index in [2.05, 4.69) is 67.6 Å². The van der Waals surface area contributed by atoms with Crippen LogP contribution in [0.25, 0.3) is 12.2 Å². The van der Waals surface area contributed by atoms with E-state index in [9.17, 15) is 0 Å². The largest absolute Gasteiger partial charge is 0.0622 e. The minimum absolute atomic E-state index is 1.22. The number of allylic oxidation sites excluding steroid dienone is 2. The molecule has 0 saturated carbocycles. The van der Waals surface area contributed by atoms with Gasteiger partial charge in [-0.15, -0.1) is 0 Å². The molecule has 0 saturated heterocycles. The Morgan fingerprint density at radius 1 is 0.647 bits per heavy atom. The zero-order valence-corrected chi connectivity index (χ0v) is 10.0. The van der Waals surface area contributed by atoms with Crippen LogP contribution in [0.2, 0.25) is 0 Å². The van der Waals surface area contributed by atoms with Gasteiger partial charge in [-0.05, 0) is 18.1 Å². The molecule has 0 unspecified atom stereocenters. The van der Waals surface area contributed by atoms with Crippen LogP contribution in [0.3, 0.4) is 0 Å². The van der Waals surface area contributed by atoms with Gasteiger partial charge in [-0.25, -0.2) is 0 Å². The Morgan fingerprint density at radius 3 is 1.76 bits per heavy atom. The van der Waals surface area contributed by atoms with E-state index in [0.29, 0.717) is 0 Å². The van der Waals surface area contributed by atoms with E-state index in [0.717, 1.165) is 0 Å². The molecule has 0 fully saturated rings. The number of benzene rings is 2. The van der Waals surface area contributed by atoms with Gasteiger partial charge in [0.05, 0.1) is 0 Å². The molecule has 2 aromatic carbocycles. The molecule has 0 atom stereocenters. The molecule has 0 aromatic heterocycles. The highest BCUT2D eigenvalue weighted by Gasteiger charge is 1.85. The van der Waals surface area contributed by atoms with Crippen molar-refractivity contribution in [2.45, 2.75) is 6.92 Å². The van der Waals surface area contributed by atoms with Crippen LogP contribution in [-0.4, -0.2) is 0 Å². The van der Waals surface area contributed by atoms with E-state index >= 15 is 0 Å². The molecule has 0 spiro atoms. The van der Waals surface area contributed by atoms with Crippen LogP contribution in [0.1, 0.15) is 16.7 Å². The molecule has 2 aromatic rings. The summed E-state index contributed by atoms with van der Waals surface area (Å²) >= 11 is 0. The van der Waals surface area contributed by atoms with Gasteiger partial charge in [-0.3, -0.25) is 0 Å². The third-order valence-corrected chi connectivity index (χ3v) is 2.57. The van der Waals surface area contributed by atoms with E-state index in [4.69, 9.17) is 0 Å². The van der Waals surface area contributed by atoms with Gasteiger partial charge in [0, 0.05) is 0 Å². The summed E-state index contributed by atoms with van der Waals surface area (Å²) in [5, 5.41) is 0. The van der Waals surface area contributed by atoms with Gasteiger partial charge >= 0.3 is 0 Å². The molecule has 0 heterocycles. The first-order valence-corrected chi connectivity index (χ1v) is 5.81. The smallest absolute Gasteiger partial charge is 0.0256 e. The first kappa shape index (κ1) is 11.4. The van der Waals surface area contributed by atoms with Crippen molar-refractivity contribution in [1.82, 2.24) is 0 Å². The van der Waals surface area contributed by atoms with Crippen molar-refractivity contribution in [2.75, 3.05) is 0 Å². The molecule has 0 aliphatic carbocycles. The Kier molecular flexibility index (Phi) is 3.93. The fourth-order valence-electron chi connectivity index (χ4n) is 1.58. The topological polar surface area (TPSA) is 0 Å². The Morgan fingerprint density at radius 2 is 1.18 bits per heavy atom. The molecular weight excluding hydrogens is 204 g/mol. The van der Waals surface area contributed by atoms with Crippen LogP contribution in [-0.2, 0) is 0 Å². The standard InChI is InChI=1S/C17H16/c1-15-11-13-17(14-12-15)10-6-5-9-16-7-3-2-4-8-16/h2-14H,1H3/b9-5+,10-6-. The van der Waals surface area contributed by atoms with E-state index < -0.39 is 0 Å². The molecule has 0 radical (unpaired) electrons. The highest BCUT2D eigenvalue weighted by molar-refractivity contribution is 5.57. The second-order valence-corrected chi connectivity index (χ2v) is 4.04. The van der Waals surface area contributed by atoms with Crippen molar-refractivity contribution in [3.8, 4) is 0 Å². The summed E-state index contributed by atoms with van der Waals surface area (Å²) in [4.78, 5) is 0. The molecule has 0 amide bonds. The summed E-state index contributed by atoms with van der Waals surface area (Å²) in [5.74, 6) is 0. The molecule has 0 aliphatic rings. The highest BCUT2D eigenvalue weighted by atomic mass is 13.9. The van der Waals surface area contributed by atoms with Crippen LogP contribution >= 0.6 is 0 Å². The summed E-state index contributed by atoms with van der Waals surface area (Å²) < 4.78 is 0. The monoisotopic (exact) mass is 220 g/mol. The quantitative estimate of drug-likeness (QED) is 0.656. The van der Waals surface area contributed by atoms with Gasteiger partial charge < -0.3 is 0 Å². The van der Waals surface area contributed by atoms with Gasteiger partial charge in [0.1, 0.15) is 0 Å². The summed E-state index contributed by atoms with van der Waals surface area (Å²) in [6.45, 7) is 2.10. The van der Waals surface area contributed by atoms with Crippen molar-refractivity contribution in [3.05, 3.63) is 83.4 Å². The van der Waals surface area contributed by atoms with Crippen LogP contribution < -0.4 is 0 Å². The maximum absolute atomic E-state index is 2.13. The van der Waals surface area contributed by atoms with Crippen LogP contribution in [0.4, 0.5) is 0 Å². The molecule has 0 nitrogen and oxygen atoms in total. The second-order valence-electron chi connectivity index (χ2n) is 4.04. The number of hydrogen-bond acceptors (Lipinski definition) is 0. The van der Waals surface area contributed by atoms with Crippen LogP contribution in [0.15, 0.2) is 66.7 Å². The summed E-state index contributed by atoms with van der Waals surface area (Å²) in [5.41, 5.74) is 3.75. The fraction of sp³-hybridized carbons (Fsp3) is 0.0588. The molecule has 0 aliphatic heterocycles. The van der Waals surface area contributed by atoms with E-state index in [1.54, 1.807) is 0 Å². The summed E-state index contributed by atoms with van der Waals surface area (Å²) in [6, 6.07) is 18.8. The fourth-order valence-corrected chi connectivity index (χ4v) is 1.58. The summed E-state index contributed by atoms with van der Waals surface area (Å²) in [6.07, 6.45) is 8.34. The predicted molar refractivity (Wildman–Crippen MR) is 75.7 cm³/mol. The van der Waals surface area contributed by atoms with Crippen LogP contribution in [0.5, 0.6) is 0 Å². The zero-order chi connectivity index (χ0) is 11.9. The molecule has 0 N–H and O–H groups in total. The van der Waals surface area contributed by atoms with Crippen molar-refractivity contribution in [1.29, 1.82) is 0 Å². The zero-order valence-electron chi connectivity index (χ0n) is 10.0. The van der Waals surface area contributed by atoms with Gasteiger partial charge in [-0.1, -0.05) is 84.5 Å². The average Bonchev–Trinajstić information content (AvgIpc) is 2.38. The van der Waals surface area contributed by atoms with Gasteiger partial charge in [0.15, 0.2) is 0 Å². The SMILES string of the molecule is Cc1ccc(/C=C\C=C\c2ccccc2)cc1. The molecular formula is C17H16. The van der Waals surface area contributed by atoms with E-state index in [-0.39, 0.29) is 0 Å². The minimum Gasteiger partial charge on any atom is -0.0622 e. The Labute approximate surface area is 103 Å². The highest BCUT2D eigenvalue weighted by Crippen LogP contribution is 2.06. The predicted octanol–water partition coefficient (Wildman–Crippen LogP) is 4.72. The number of aryl methyl sites for hydroxylation is 1. The third kappa shape index (κ3) is 3.76. The Bertz CT molecular complexity index is 501. The van der Waals surface area contributed by atoms with Crippen molar-refractivity contribution < 1.29 is 0 Å². The van der Waals surface area contributed by atoms with Crippen molar-refractivity contribution in [2.24, 2.45) is 0 Å². The van der Waals surface area contributed by atoms with Gasteiger partial charge in [0.25, 0.3) is 0 Å². The lowest BCUT2D eigenvalue weighted by Gasteiger charge is -1.93. The molecule has 2 rings (SSSR count). The molecule has 17 heavy (non-hydrogen) atoms. The normalized spacial score (nSPS) is 11.4. The first-order chi connectivity index (χ1) is 8.34. The van der Waals surface area contributed by atoms with Crippen molar-refractivity contribution in [3.63, 3.8) is 0 Å². The lowest BCUT2D eigenvalue weighted by molar-refractivity contribution is 1.46. The lowest BCUT2D eigenvalue weighted by atomic mass is 10.1. The van der Waals surface area contributed by atoms with Crippen LogP contribution in [0, 0.1) is 6.92 Å². The summed E-state index contributed by atoms with van der Waals surface area (Å²) in [7, 11) is 0. The maximum atomic E-state index is 2.13. The van der Waals surface area contributed by atoms with Gasteiger partial charge in [0.2, 0.25) is 0 Å². The maximum Gasteiger partial charge on any atom is -0.0256 e.